The molecule has 0 radical (unpaired) electrons. The molecule has 1 aliphatic heterocycles. The molecule has 0 bridgehead atoms. The molecule has 0 atom stereocenters. The summed E-state index contributed by atoms with van der Waals surface area (Å²) in [6, 6.07) is 9.09. The molecule has 0 saturated carbocycles. The Morgan fingerprint density at radius 1 is 1.26 bits per heavy atom. The first-order chi connectivity index (χ1) is 10.8. The first-order valence-electron chi connectivity index (χ1n) is 7.53. The molecule has 0 spiro atoms. The van der Waals surface area contributed by atoms with Crippen LogP contribution in [0.4, 0.5) is 5.69 Å². The Morgan fingerprint density at radius 3 is 2.70 bits per heavy atom. The number of amides is 1. The second-order valence-electron chi connectivity index (χ2n) is 5.90. The molecule has 23 heavy (non-hydrogen) atoms. The zero-order valence-electron chi connectivity index (χ0n) is 13.2. The molecule has 6 heteroatoms. The number of thiophene rings is 1. The smallest absolute Gasteiger partial charge is 0.232 e. The maximum Gasteiger partial charge on any atom is 0.232 e. The number of fused-ring (bicyclic) bond motifs is 1. The highest BCUT2D eigenvalue weighted by Crippen LogP contribution is 2.30. The number of aryl methyl sites for hydroxylation is 2. The largest absolute Gasteiger partial charge is 0.312 e. The molecule has 2 aromatic rings. The van der Waals surface area contributed by atoms with Gasteiger partial charge in [0, 0.05) is 28.2 Å². The number of carbonyl (C=O) groups excluding carboxylic acids is 1. The van der Waals surface area contributed by atoms with E-state index in [4.69, 9.17) is 0 Å². The van der Waals surface area contributed by atoms with Gasteiger partial charge in [0.2, 0.25) is 5.91 Å². The number of hydrogen-bond acceptors (Lipinski definition) is 4. The van der Waals surface area contributed by atoms with Gasteiger partial charge in [-0.2, -0.15) is 0 Å². The third kappa shape index (κ3) is 3.48. The molecule has 0 N–H and O–H groups in total. The van der Waals surface area contributed by atoms with E-state index in [0.29, 0.717) is 17.9 Å². The van der Waals surface area contributed by atoms with Crippen molar-refractivity contribution in [1.82, 2.24) is 0 Å². The van der Waals surface area contributed by atoms with Crippen molar-refractivity contribution >= 4 is 32.8 Å². The molecule has 1 aromatic carbocycles. The van der Waals surface area contributed by atoms with Crippen LogP contribution in [-0.2, 0) is 27.5 Å². The number of hydrogen-bond donors (Lipinski definition) is 0. The third-order valence-corrected chi connectivity index (χ3v) is 6.13. The molecule has 0 saturated heterocycles. The molecule has 4 nitrogen and oxygen atoms in total. The van der Waals surface area contributed by atoms with E-state index in [0.717, 1.165) is 29.0 Å². The maximum absolute atomic E-state index is 12.6. The van der Waals surface area contributed by atoms with Crippen LogP contribution in [0.3, 0.4) is 0 Å². The van der Waals surface area contributed by atoms with Crippen molar-refractivity contribution in [2.45, 2.75) is 31.1 Å². The summed E-state index contributed by atoms with van der Waals surface area (Å²) in [7, 11) is -3.22. The standard InChI is InChI=1S/C17H19NO3S2/c1-12-5-6-14(22-12)11-17(19)18-9-3-4-13-10-15(23(2,20)21)7-8-16(13)18/h5-8,10H,3-4,9,11H2,1-2H3. The van der Waals surface area contributed by atoms with Crippen LogP contribution < -0.4 is 4.90 Å². The molecule has 1 aromatic heterocycles. The predicted octanol–water partition coefficient (Wildman–Crippen LogP) is 2.98. The summed E-state index contributed by atoms with van der Waals surface area (Å²) >= 11 is 1.64. The van der Waals surface area contributed by atoms with Gasteiger partial charge in [0.25, 0.3) is 0 Å². The Kier molecular flexibility index (Phi) is 4.29. The van der Waals surface area contributed by atoms with Crippen molar-refractivity contribution in [3.05, 3.63) is 45.6 Å². The van der Waals surface area contributed by atoms with Gasteiger partial charge in [-0.1, -0.05) is 0 Å². The molecule has 0 aliphatic carbocycles. The van der Waals surface area contributed by atoms with E-state index < -0.39 is 9.84 Å². The molecule has 0 unspecified atom stereocenters. The van der Waals surface area contributed by atoms with Gasteiger partial charge in [-0.3, -0.25) is 4.79 Å². The molecule has 1 amide bonds. The van der Waals surface area contributed by atoms with Gasteiger partial charge in [0.05, 0.1) is 11.3 Å². The number of carbonyl (C=O) groups is 1. The summed E-state index contributed by atoms with van der Waals surface area (Å²) in [6.07, 6.45) is 3.27. The van der Waals surface area contributed by atoms with Crippen molar-refractivity contribution in [3.63, 3.8) is 0 Å². The van der Waals surface area contributed by atoms with Gasteiger partial charge in [0.1, 0.15) is 0 Å². The third-order valence-electron chi connectivity index (χ3n) is 4.02. The van der Waals surface area contributed by atoms with Gasteiger partial charge < -0.3 is 4.90 Å². The average Bonchev–Trinajstić information content (AvgIpc) is 2.90. The minimum absolute atomic E-state index is 0.0694. The SMILES string of the molecule is Cc1ccc(CC(=O)N2CCCc3cc(S(C)(=O)=O)ccc32)s1. The summed E-state index contributed by atoms with van der Waals surface area (Å²) in [5.41, 5.74) is 1.79. The van der Waals surface area contributed by atoms with Crippen LogP contribution in [-0.4, -0.2) is 27.1 Å². The highest BCUT2D eigenvalue weighted by atomic mass is 32.2. The van der Waals surface area contributed by atoms with Crippen LogP contribution in [0.2, 0.25) is 0 Å². The molecule has 122 valence electrons. The highest BCUT2D eigenvalue weighted by molar-refractivity contribution is 7.90. The summed E-state index contributed by atoms with van der Waals surface area (Å²) in [5, 5.41) is 0. The van der Waals surface area contributed by atoms with E-state index in [1.807, 2.05) is 19.1 Å². The molecule has 3 rings (SSSR count). The number of anilines is 1. The lowest BCUT2D eigenvalue weighted by molar-refractivity contribution is -0.118. The van der Waals surface area contributed by atoms with Crippen LogP contribution in [0.1, 0.15) is 21.7 Å². The van der Waals surface area contributed by atoms with Gasteiger partial charge in [-0.25, -0.2) is 8.42 Å². The number of benzene rings is 1. The number of sulfone groups is 1. The molecule has 2 heterocycles. The maximum atomic E-state index is 12.6. The van der Waals surface area contributed by atoms with Crippen molar-refractivity contribution in [2.24, 2.45) is 0 Å². The molecular weight excluding hydrogens is 330 g/mol. The van der Waals surface area contributed by atoms with Crippen LogP contribution in [0.5, 0.6) is 0 Å². The van der Waals surface area contributed by atoms with Crippen LogP contribution >= 0.6 is 11.3 Å². The summed E-state index contributed by atoms with van der Waals surface area (Å²) in [6.45, 7) is 2.72. The fourth-order valence-corrected chi connectivity index (χ4v) is 4.44. The van der Waals surface area contributed by atoms with Crippen LogP contribution in [0, 0.1) is 6.92 Å². The highest BCUT2D eigenvalue weighted by Gasteiger charge is 2.24. The first-order valence-corrected chi connectivity index (χ1v) is 10.2. The second kappa shape index (κ2) is 6.09. The fourth-order valence-electron chi connectivity index (χ4n) is 2.89. The molecule has 0 fully saturated rings. The lowest BCUT2D eigenvalue weighted by atomic mass is 10.0. The minimum Gasteiger partial charge on any atom is -0.312 e. The van der Waals surface area contributed by atoms with Crippen LogP contribution in [0.25, 0.3) is 0 Å². The Morgan fingerprint density at radius 2 is 2.04 bits per heavy atom. The Labute approximate surface area is 140 Å². The van der Waals surface area contributed by atoms with Gasteiger partial charge in [-0.15, -0.1) is 11.3 Å². The van der Waals surface area contributed by atoms with Crippen molar-refractivity contribution in [1.29, 1.82) is 0 Å². The quantitative estimate of drug-likeness (QED) is 0.856. The van der Waals surface area contributed by atoms with Crippen LogP contribution in [0.15, 0.2) is 35.2 Å². The molecular formula is C17H19NO3S2. The topological polar surface area (TPSA) is 54.5 Å². The normalized spacial score (nSPS) is 14.6. The monoisotopic (exact) mass is 349 g/mol. The van der Waals surface area contributed by atoms with E-state index in [1.165, 1.54) is 11.1 Å². The van der Waals surface area contributed by atoms with Gasteiger partial charge in [-0.05, 0) is 55.7 Å². The lowest BCUT2D eigenvalue weighted by Gasteiger charge is -2.29. The van der Waals surface area contributed by atoms with Crippen molar-refractivity contribution in [2.75, 3.05) is 17.7 Å². The Hall–Kier alpha value is -1.66. The number of nitrogens with zero attached hydrogens (tertiary/aromatic N) is 1. The van der Waals surface area contributed by atoms with Gasteiger partial charge >= 0.3 is 0 Å². The lowest BCUT2D eigenvalue weighted by Crippen LogP contribution is -2.36. The second-order valence-corrected chi connectivity index (χ2v) is 9.29. The summed E-state index contributed by atoms with van der Waals surface area (Å²) < 4.78 is 23.4. The summed E-state index contributed by atoms with van der Waals surface area (Å²) in [4.78, 5) is 17.0. The first kappa shape index (κ1) is 16.2. The average molecular weight is 349 g/mol. The van der Waals surface area contributed by atoms with E-state index >= 15 is 0 Å². The van der Waals surface area contributed by atoms with Crippen molar-refractivity contribution in [3.8, 4) is 0 Å². The number of rotatable bonds is 3. The van der Waals surface area contributed by atoms with E-state index in [2.05, 4.69) is 0 Å². The van der Waals surface area contributed by atoms with E-state index in [9.17, 15) is 13.2 Å². The minimum atomic E-state index is -3.22. The zero-order valence-corrected chi connectivity index (χ0v) is 14.8. The molecule has 1 aliphatic rings. The van der Waals surface area contributed by atoms with Crippen molar-refractivity contribution < 1.29 is 13.2 Å². The fraction of sp³-hybridized carbons (Fsp3) is 0.353. The van der Waals surface area contributed by atoms with E-state index in [-0.39, 0.29) is 5.91 Å². The zero-order chi connectivity index (χ0) is 16.6. The van der Waals surface area contributed by atoms with E-state index in [1.54, 1.807) is 34.4 Å². The van der Waals surface area contributed by atoms with Gasteiger partial charge in [0.15, 0.2) is 9.84 Å². The predicted molar refractivity (Wildman–Crippen MR) is 93.0 cm³/mol. The Balaban J connectivity index is 1.88. The summed E-state index contributed by atoms with van der Waals surface area (Å²) in [5.74, 6) is 0.0694. The Bertz CT molecular complexity index is 852.